The maximum absolute atomic E-state index is 12.6. The number of hydrogen-bond donors (Lipinski definition) is 2. The number of ether oxygens (including phenoxy) is 2. The Morgan fingerprint density at radius 3 is 2.64 bits per heavy atom. The van der Waals surface area contributed by atoms with E-state index in [2.05, 4.69) is 15.3 Å². The third-order valence-electron chi connectivity index (χ3n) is 5.77. The van der Waals surface area contributed by atoms with Crippen molar-refractivity contribution in [1.29, 1.82) is 0 Å². The van der Waals surface area contributed by atoms with Crippen LogP contribution < -0.4 is 15.8 Å². The van der Waals surface area contributed by atoms with Gasteiger partial charge in [0.25, 0.3) is 0 Å². The Balaban J connectivity index is 1.45. The highest BCUT2D eigenvalue weighted by Gasteiger charge is 2.21. The molecule has 9 heteroatoms. The quantitative estimate of drug-likeness (QED) is 0.399. The Morgan fingerprint density at radius 1 is 1.15 bits per heavy atom. The number of aryl methyl sites for hydroxylation is 2. The highest BCUT2D eigenvalue weighted by atomic mass is 32.1. The molecule has 0 saturated heterocycles. The first-order valence-corrected chi connectivity index (χ1v) is 11.9. The molecule has 3 N–H and O–H groups in total. The fourth-order valence-electron chi connectivity index (χ4n) is 4.18. The van der Waals surface area contributed by atoms with E-state index in [0.717, 1.165) is 35.0 Å². The van der Waals surface area contributed by atoms with E-state index in [1.807, 2.05) is 12.1 Å². The molecule has 0 saturated carbocycles. The molecule has 2 aromatic heterocycles. The first kappa shape index (κ1) is 23.0. The lowest BCUT2D eigenvalue weighted by molar-refractivity contribution is -0.145. The van der Waals surface area contributed by atoms with Crippen LogP contribution in [-0.4, -0.2) is 29.0 Å². The number of anilines is 1. The average Bonchev–Trinajstić information content (AvgIpc) is 2.99. The van der Waals surface area contributed by atoms with Crippen molar-refractivity contribution in [3.63, 3.8) is 0 Å². The lowest BCUT2D eigenvalue weighted by Gasteiger charge is -2.18. The van der Waals surface area contributed by atoms with E-state index < -0.39 is 12.0 Å². The Hall–Kier alpha value is -3.20. The number of nitrogen functional groups attached to an aromatic ring is 1. The van der Waals surface area contributed by atoms with Crippen LogP contribution in [0.3, 0.4) is 0 Å². The van der Waals surface area contributed by atoms with Gasteiger partial charge in [0.05, 0.1) is 25.0 Å². The molecule has 174 valence electrons. The van der Waals surface area contributed by atoms with E-state index in [4.69, 9.17) is 15.2 Å². The molecule has 1 aliphatic carbocycles. The summed E-state index contributed by atoms with van der Waals surface area (Å²) in [5, 5.41) is 3.75. The summed E-state index contributed by atoms with van der Waals surface area (Å²) in [5.74, 6) is 0.820. The second kappa shape index (κ2) is 10.2. The molecule has 0 fully saturated rings. The van der Waals surface area contributed by atoms with Crippen LogP contribution in [0.4, 0.5) is 5.82 Å². The molecular formula is C24H28N4O4S. The predicted molar refractivity (Wildman–Crippen MR) is 127 cm³/mol. The summed E-state index contributed by atoms with van der Waals surface area (Å²) >= 11 is 1.66. The van der Waals surface area contributed by atoms with Gasteiger partial charge in [-0.3, -0.25) is 9.59 Å². The standard InChI is InChI=1S/C24H28N4O4S/c1-14(29)26-18(15-8-10-16(31-2)11-9-15)12-21(30)32-13-20-27-23(25)22-17-6-4-3-5-7-19(17)33-24(22)28-20/h8-11,18H,3-7,12-13H2,1-2H3,(H,26,29)(H2,25,27,28). The van der Waals surface area contributed by atoms with E-state index in [1.165, 1.54) is 30.2 Å². The number of rotatable bonds is 7. The Bertz CT molecular complexity index is 1160. The van der Waals surface area contributed by atoms with Crippen LogP contribution in [0.25, 0.3) is 10.2 Å². The highest BCUT2D eigenvalue weighted by molar-refractivity contribution is 7.19. The third-order valence-corrected chi connectivity index (χ3v) is 6.95. The van der Waals surface area contributed by atoms with Crippen LogP contribution in [-0.2, 0) is 33.8 Å². The van der Waals surface area contributed by atoms with Gasteiger partial charge in [0.1, 0.15) is 16.4 Å². The topological polar surface area (TPSA) is 116 Å². The molecule has 0 spiro atoms. The van der Waals surface area contributed by atoms with E-state index in [9.17, 15) is 9.59 Å². The van der Waals surface area contributed by atoms with Crippen LogP contribution in [0.15, 0.2) is 24.3 Å². The van der Waals surface area contributed by atoms with Gasteiger partial charge in [0.15, 0.2) is 12.4 Å². The normalized spacial score (nSPS) is 14.2. The van der Waals surface area contributed by atoms with E-state index >= 15 is 0 Å². The monoisotopic (exact) mass is 468 g/mol. The summed E-state index contributed by atoms with van der Waals surface area (Å²) in [6.07, 6.45) is 5.61. The second-order valence-corrected chi connectivity index (χ2v) is 9.24. The first-order valence-electron chi connectivity index (χ1n) is 11.1. The molecule has 0 bridgehead atoms. The number of thiophene rings is 1. The van der Waals surface area contributed by atoms with Gasteiger partial charge < -0.3 is 20.5 Å². The lowest BCUT2D eigenvalue weighted by Crippen LogP contribution is -2.28. The molecule has 1 atom stereocenters. The average molecular weight is 469 g/mol. The Morgan fingerprint density at radius 2 is 1.91 bits per heavy atom. The number of nitrogens with one attached hydrogen (secondary N) is 1. The number of nitrogens with two attached hydrogens (primary N) is 1. The van der Waals surface area contributed by atoms with Gasteiger partial charge in [-0.1, -0.05) is 18.6 Å². The number of amides is 1. The summed E-state index contributed by atoms with van der Waals surface area (Å²) in [4.78, 5) is 35.4. The highest BCUT2D eigenvalue weighted by Crippen LogP contribution is 2.37. The number of nitrogens with zero attached hydrogens (tertiary/aromatic N) is 2. The van der Waals surface area contributed by atoms with E-state index in [0.29, 0.717) is 17.4 Å². The molecule has 1 unspecified atom stereocenters. The molecule has 33 heavy (non-hydrogen) atoms. The van der Waals surface area contributed by atoms with Gasteiger partial charge in [0.2, 0.25) is 5.91 Å². The van der Waals surface area contributed by atoms with Crippen molar-refractivity contribution in [2.45, 2.75) is 58.1 Å². The Labute approximate surface area is 196 Å². The summed E-state index contributed by atoms with van der Waals surface area (Å²) < 4.78 is 10.6. The number of carbonyl (C=O) groups excluding carboxylic acids is 2. The molecule has 1 amide bonds. The molecule has 3 aromatic rings. The fourth-order valence-corrected chi connectivity index (χ4v) is 5.47. The maximum atomic E-state index is 12.6. The van der Waals surface area contributed by atoms with Crippen molar-refractivity contribution in [2.24, 2.45) is 0 Å². The van der Waals surface area contributed by atoms with Crippen LogP contribution in [0.2, 0.25) is 0 Å². The zero-order chi connectivity index (χ0) is 23.4. The van der Waals surface area contributed by atoms with Crippen molar-refractivity contribution < 1.29 is 19.1 Å². The summed E-state index contributed by atoms with van der Waals surface area (Å²) in [7, 11) is 1.58. The second-order valence-electron chi connectivity index (χ2n) is 8.16. The number of aromatic nitrogens is 2. The number of fused-ring (bicyclic) bond motifs is 3. The van der Waals surface area contributed by atoms with Crippen LogP contribution in [0, 0.1) is 0 Å². The molecule has 1 aromatic carbocycles. The van der Waals surface area contributed by atoms with Gasteiger partial charge in [0, 0.05) is 11.8 Å². The number of hydrogen-bond acceptors (Lipinski definition) is 8. The van der Waals surface area contributed by atoms with Crippen molar-refractivity contribution in [3.05, 3.63) is 46.1 Å². The SMILES string of the molecule is COc1ccc(C(CC(=O)OCc2nc(N)c3c4c(sc3n2)CCCCC4)NC(C)=O)cc1. The van der Waals surface area contributed by atoms with Crippen molar-refractivity contribution >= 4 is 39.2 Å². The smallest absolute Gasteiger partial charge is 0.308 e. The largest absolute Gasteiger partial charge is 0.497 e. The number of esters is 1. The zero-order valence-corrected chi connectivity index (χ0v) is 19.7. The summed E-state index contributed by atoms with van der Waals surface area (Å²) in [5.41, 5.74) is 8.34. The molecule has 0 aliphatic heterocycles. The minimum Gasteiger partial charge on any atom is -0.497 e. The molecule has 8 nitrogen and oxygen atoms in total. The minimum atomic E-state index is -0.512. The van der Waals surface area contributed by atoms with Crippen LogP contribution in [0.5, 0.6) is 5.75 Å². The summed E-state index contributed by atoms with van der Waals surface area (Å²) in [6, 6.07) is 6.67. The van der Waals surface area contributed by atoms with E-state index in [-0.39, 0.29) is 18.9 Å². The third kappa shape index (κ3) is 5.42. The number of carbonyl (C=O) groups is 2. The molecule has 2 heterocycles. The minimum absolute atomic E-state index is 0.0169. The van der Waals surface area contributed by atoms with Crippen LogP contribution >= 0.6 is 11.3 Å². The van der Waals surface area contributed by atoms with Gasteiger partial charge in [-0.15, -0.1) is 11.3 Å². The van der Waals surface area contributed by atoms with Crippen molar-refractivity contribution in [1.82, 2.24) is 15.3 Å². The molecule has 4 rings (SSSR count). The molecule has 1 aliphatic rings. The van der Waals surface area contributed by atoms with Gasteiger partial charge in [-0.25, -0.2) is 9.97 Å². The zero-order valence-electron chi connectivity index (χ0n) is 18.8. The maximum Gasteiger partial charge on any atom is 0.308 e. The van der Waals surface area contributed by atoms with Gasteiger partial charge in [-0.05, 0) is 48.9 Å². The summed E-state index contributed by atoms with van der Waals surface area (Å²) in [6.45, 7) is 1.34. The van der Waals surface area contributed by atoms with E-state index in [1.54, 1.807) is 30.6 Å². The fraction of sp³-hybridized carbons (Fsp3) is 0.417. The first-order chi connectivity index (χ1) is 15.9. The van der Waals surface area contributed by atoms with Gasteiger partial charge in [-0.2, -0.15) is 0 Å². The van der Waals surface area contributed by atoms with Crippen LogP contribution in [0.1, 0.15) is 60.5 Å². The Kier molecular flexibility index (Phi) is 7.08. The predicted octanol–water partition coefficient (Wildman–Crippen LogP) is 3.86. The number of methoxy groups -OCH3 is 1. The van der Waals surface area contributed by atoms with Gasteiger partial charge >= 0.3 is 5.97 Å². The van der Waals surface area contributed by atoms with Crippen molar-refractivity contribution in [2.75, 3.05) is 12.8 Å². The lowest BCUT2D eigenvalue weighted by atomic mass is 10.0. The number of benzene rings is 1. The molecular weight excluding hydrogens is 440 g/mol. The van der Waals surface area contributed by atoms with Crippen molar-refractivity contribution in [3.8, 4) is 5.75 Å². The molecule has 0 radical (unpaired) electrons.